The largest absolute Gasteiger partial charge is 0.398 e. The average Bonchev–Trinajstić information content (AvgIpc) is 2.75. The van der Waals surface area contributed by atoms with Gasteiger partial charge in [0.2, 0.25) is 0 Å². The third-order valence-electron chi connectivity index (χ3n) is 2.00. The van der Waals surface area contributed by atoms with Gasteiger partial charge in [-0.25, -0.2) is 0 Å². The molecule has 1 aromatic carbocycles. The first-order valence-corrected chi connectivity index (χ1v) is 5.31. The van der Waals surface area contributed by atoms with Crippen molar-refractivity contribution in [2.75, 3.05) is 5.73 Å². The maximum Gasteiger partial charge on any atom is 0.162 e. The van der Waals surface area contributed by atoms with Crippen molar-refractivity contribution >= 4 is 28.3 Å². The Morgan fingerprint density at radius 3 is 2.80 bits per heavy atom. The fraction of sp³-hybridized carbons (Fsp3) is 0.125. The van der Waals surface area contributed by atoms with Crippen molar-refractivity contribution in [1.29, 1.82) is 0 Å². The van der Waals surface area contributed by atoms with E-state index in [0.29, 0.717) is 12.2 Å². The lowest BCUT2D eigenvalue weighted by molar-refractivity contribution is 0.718. The van der Waals surface area contributed by atoms with Crippen LogP contribution in [0.15, 0.2) is 18.5 Å². The van der Waals surface area contributed by atoms with Crippen LogP contribution in [0.3, 0.4) is 0 Å². The Hall–Kier alpha value is -1.22. The molecule has 7 heteroatoms. The van der Waals surface area contributed by atoms with Crippen LogP contribution < -0.4 is 11.5 Å². The van der Waals surface area contributed by atoms with E-state index in [1.165, 1.54) is 11.1 Å². The van der Waals surface area contributed by atoms with Crippen molar-refractivity contribution in [2.24, 2.45) is 5.73 Å². The van der Waals surface area contributed by atoms with E-state index >= 15 is 0 Å². The van der Waals surface area contributed by atoms with Gasteiger partial charge in [0.1, 0.15) is 0 Å². The first-order chi connectivity index (χ1) is 7.22. The number of tetrazole rings is 1. The number of rotatable bonds is 2. The Morgan fingerprint density at radius 2 is 2.20 bits per heavy atom. The molecule has 78 valence electrons. The minimum Gasteiger partial charge on any atom is -0.398 e. The second-order valence-electron chi connectivity index (χ2n) is 2.93. The van der Waals surface area contributed by atoms with Gasteiger partial charge in [-0.15, -0.1) is 15.0 Å². The molecule has 6 nitrogen and oxygen atoms in total. The van der Waals surface area contributed by atoms with Crippen LogP contribution in [0.4, 0.5) is 5.69 Å². The van der Waals surface area contributed by atoms with Crippen LogP contribution in [0.25, 0.3) is 5.69 Å². The van der Waals surface area contributed by atoms with Crippen LogP contribution in [-0.4, -0.2) is 20.2 Å². The molecular formula is C8H9IN6. The molecule has 15 heavy (non-hydrogen) atoms. The first kappa shape index (κ1) is 10.3. The Labute approximate surface area is 99.8 Å². The molecule has 0 saturated carbocycles. The molecule has 1 heterocycles. The fourth-order valence-electron chi connectivity index (χ4n) is 1.23. The van der Waals surface area contributed by atoms with Crippen LogP contribution >= 0.6 is 22.6 Å². The van der Waals surface area contributed by atoms with E-state index in [0.717, 1.165) is 14.8 Å². The quantitative estimate of drug-likeness (QED) is 0.614. The van der Waals surface area contributed by atoms with Crippen molar-refractivity contribution in [3.05, 3.63) is 27.6 Å². The smallest absolute Gasteiger partial charge is 0.162 e. The van der Waals surface area contributed by atoms with Crippen molar-refractivity contribution in [3.8, 4) is 5.69 Å². The Bertz CT molecular complexity index is 466. The summed E-state index contributed by atoms with van der Waals surface area (Å²) in [7, 11) is 0. The third kappa shape index (κ3) is 1.92. The molecule has 0 radical (unpaired) electrons. The van der Waals surface area contributed by atoms with Gasteiger partial charge in [-0.2, -0.15) is 0 Å². The summed E-state index contributed by atoms with van der Waals surface area (Å²) in [6.07, 6.45) is 1.38. The third-order valence-corrected chi connectivity index (χ3v) is 2.89. The lowest BCUT2D eigenvalue weighted by Crippen LogP contribution is -2.07. The molecule has 2 rings (SSSR count). The number of benzene rings is 1. The van der Waals surface area contributed by atoms with E-state index in [1.54, 1.807) is 0 Å². The van der Waals surface area contributed by atoms with Crippen molar-refractivity contribution in [2.45, 2.75) is 6.54 Å². The van der Waals surface area contributed by atoms with Crippen LogP contribution in [0.2, 0.25) is 0 Å². The highest BCUT2D eigenvalue weighted by Crippen LogP contribution is 2.22. The summed E-state index contributed by atoms with van der Waals surface area (Å²) in [5, 5.41) is 11.4. The lowest BCUT2D eigenvalue weighted by Gasteiger charge is -2.08. The molecule has 0 fully saturated rings. The number of hydrogen-bond acceptors (Lipinski definition) is 5. The number of anilines is 1. The maximum atomic E-state index is 5.86. The predicted octanol–water partition coefficient (Wildman–Crippen LogP) is 0.308. The molecule has 0 saturated heterocycles. The van der Waals surface area contributed by atoms with E-state index in [1.807, 2.05) is 12.1 Å². The minimum atomic E-state index is 0.393. The predicted molar refractivity (Wildman–Crippen MR) is 64.2 cm³/mol. The monoisotopic (exact) mass is 316 g/mol. The van der Waals surface area contributed by atoms with Gasteiger partial charge in [-0.3, -0.25) is 0 Å². The average molecular weight is 316 g/mol. The van der Waals surface area contributed by atoms with Gasteiger partial charge in [0.15, 0.2) is 6.33 Å². The maximum absolute atomic E-state index is 5.86. The molecule has 1 aromatic heterocycles. The lowest BCUT2D eigenvalue weighted by atomic mass is 10.1. The molecule has 0 atom stereocenters. The summed E-state index contributed by atoms with van der Waals surface area (Å²) in [6.45, 7) is 0.393. The number of aromatic nitrogens is 4. The summed E-state index contributed by atoms with van der Waals surface area (Å²) in [5.74, 6) is 0. The number of hydrogen-bond donors (Lipinski definition) is 2. The minimum absolute atomic E-state index is 0.393. The van der Waals surface area contributed by atoms with Gasteiger partial charge < -0.3 is 11.5 Å². The highest BCUT2D eigenvalue weighted by Gasteiger charge is 2.07. The van der Waals surface area contributed by atoms with Crippen LogP contribution in [0.1, 0.15) is 5.56 Å². The van der Waals surface area contributed by atoms with Crippen molar-refractivity contribution in [1.82, 2.24) is 20.2 Å². The highest BCUT2D eigenvalue weighted by molar-refractivity contribution is 14.1. The molecule has 2 aromatic rings. The standard InChI is InChI=1S/C8H9IN6/c9-7-2-6(15-13-4-12-14-15)1-5(3-10)8(7)11/h1-2,4H,3,10-11H2. The van der Waals surface area contributed by atoms with Gasteiger partial charge in [0.25, 0.3) is 0 Å². The number of nitrogens with two attached hydrogens (primary N) is 2. The van der Waals surface area contributed by atoms with Gasteiger partial charge in [0, 0.05) is 15.8 Å². The summed E-state index contributed by atoms with van der Waals surface area (Å²) >= 11 is 2.15. The van der Waals surface area contributed by atoms with Gasteiger partial charge >= 0.3 is 0 Å². The molecule has 4 N–H and O–H groups in total. The Morgan fingerprint density at radius 1 is 1.40 bits per heavy atom. The van der Waals surface area contributed by atoms with Gasteiger partial charge in [0.05, 0.1) is 5.69 Å². The molecular weight excluding hydrogens is 307 g/mol. The topological polar surface area (TPSA) is 95.6 Å². The van der Waals surface area contributed by atoms with Gasteiger partial charge in [-0.1, -0.05) is 0 Å². The molecule has 0 spiro atoms. The van der Waals surface area contributed by atoms with E-state index in [4.69, 9.17) is 11.5 Å². The van der Waals surface area contributed by atoms with E-state index < -0.39 is 0 Å². The second-order valence-corrected chi connectivity index (χ2v) is 4.09. The SMILES string of the molecule is NCc1cc(-n2ncnn2)cc(I)c1N. The van der Waals surface area contributed by atoms with E-state index in [2.05, 4.69) is 38.0 Å². The van der Waals surface area contributed by atoms with Crippen LogP contribution in [-0.2, 0) is 6.54 Å². The molecule has 0 bridgehead atoms. The second kappa shape index (κ2) is 4.11. The molecule has 0 aliphatic carbocycles. The van der Waals surface area contributed by atoms with Crippen molar-refractivity contribution in [3.63, 3.8) is 0 Å². The zero-order valence-electron chi connectivity index (χ0n) is 7.76. The summed E-state index contributed by atoms with van der Waals surface area (Å²) in [6, 6.07) is 3.75. The van der Waals surface area contributed by atoms with Crippen LogP contribution in [0.5, 0.6) is 0 Å². The first-order valence-electron chi connectivity index (χ1n) is 4.23. The molecule has 0 amide bonds. The number of nitrogen functional groups attached to an aromatic ring is 1. The molecule has 0 unspecified atom stereocenters. The fourth-order valence-corrected chi connectivity index (χ4v) is 1.89. The van der Waals surface area contributed by atoms with Crippen molar-refractivity contribution < 1.29 is 0 Å². The summed E-state index contributed by atoms with van der Waals surface area (Å²) in [5.41, 5.74) is 13.9. The van der Waals surface area contributed by atoms with E-state index in [9.17, 15) is 0 Å². The highest BCUT2D eigenvalue weighted by atomic mass is 127. The number of halogens is 1. The Balaban J connectivity index is 2.55. The van der Waals surface area contributed by atoms with Gasteiger partial charge in [-0.05, 0) is 45.5 Å². The normalized spacial score (nSPS) is 10.5. The number of nitrogens with zero attached hydrogens (tertiary/aromatic N) is 4. The Kier molecular flexibility index (Phi) is 2.82. The molecule has 0 aliphatic rings. The van der Waals surface area contributed by atoms with Crippen LogP contribution in [0, 0.1) is 3.57 Å². The summed E-state index contributed by atoms with van der Waals surface area (Å²) < 4.78 is 0.933. The zero-order chi connectivity index (χ0) is 10.8. The van der Waals surface area contributed by atoms with E-state index in [-0.39, 0.29) is 0 Å². The summed E-state index contributed by atoms with van der Waals surface area (Å²) in [4.78, 5) is 1.43. The molecule has 0 aliphatic heterocycles. The zero-order valence-corrected chi connectivity index (χ0v) is 9.92.